The summed E-state index contributed by atoms with van der Waals surface area (Å²) in [6.45, 7) is 8.01. The molecule has 1 aliphatic heterocycles. The van der Waals surface area contributed by atoms with E-state index in [2.05, 4.69) is 17.2 Å². The van der Waals surface area contributed by atoms with E-state index in [0.717, 1.165) is 36.1 Å². The summed E-state index contributed by atoms with van der Waals surface area (Å²) in [6, 6.07) is 1.55. The smallest absolute Gasteiger partial charge is 0.348 e. The minimum absolute atomic E-state index is 0.0227. The van der Waals surface area contributed by atoms with Gasteiger partial charge in [0.15, 0.2) is 0 Å². The molecule has 0 spiro atoms. The Balaban J connectivity index is 1.52. The van der Waals surface area contributed by atoms with Gasteiger partial charge in [0.2, 0.25) is 5.91 Å². The van der Waals surface area contributed by atoms with Crippen molar-refractivity contribution in [2.75, 3.05) is 4.90 Å². The fraction of sp³-hybridized carbons (Fsp3) is 0.500. The van der Waals surface area contributed by atoms with E-state index in [0.29, 0.717) is 23.7 Å². The molecule has 2 heterocycles. The Morgan fingerprint density at radius 1 is 1.11 bits per heavy atom. The molecule has 0 aromatic carbocycles. The Labute approximate surface area is 216 Å². The number of amides is 2. The number of allylic oxidation sites excluding steroid dienone is 2. The number of carbonyl (C=O) groups is 3. The Morgan fingerprint density at radius 3 is 2.39 bits per heavy atom. The zero-order valence-electron chi connectivity index (χ0n) is 21.4. The summed E-state index contributed by atoms with van der Waals surface area (Å²) in [5.74, 6) is -0.625. The maximum atomic E-state index is 13.5. The van der Waals surface area contributed by atoms with Gasteiger partial charge in [-0.05, 0) is 76.5 Å². The van der Waals surface area contributed by atoms with Crippen LogP contribution in [0.1, 0.15) is 74.3 Å². The molecule has 2 N–H and O–H groups in total. The zero-order chi connectivity index (χ0) is 26.0. The fourth-order valence-electron chi connectivity index (χ4n) is 5.03. The molecule has 1 aromatic heterocycles. The van der Waals surface area contributed by atoms with E-state index in [1.54, 1.807) is 11.0 Å². The second kappa shape index (κ2) is 10.9. The van der Waals surface area contributed by atoms with Gasteiger partial charge in [0, 0.05) is 16.8 Å². The van der Waals surface area contributed by atoms with E-state index in [-0.39, 0.29) is 40.7 Å². The van der Waals surface area contributed by atoms with E-state index in [4.69, 9.17) is 0 Å². The lowest BCUT2D eigenvalue weighted by Crippen LogP contribution is -2.42. The second-order valence-electron chi connectivity index (χ2n) is 10.3. The van der Waals surface area contributed by atoms with Gasteiger partial charge in [0.1, 0.15) is 10.6 Å². The molecule has 2 amide bonds. The SMILES string of the molecule is CC1CCC(C(=O)N(c2cc(C3=CCC(NC(=O)C4=NC(C)C=C4)C=C3)sc2C(=O)O)C(C)C)CC1. The maximum absolute atomic E-state index is 13.5. The molecule has 2 unspecified atom stereocenters. The summed E-state index contributed by atoms with van der Waals surface area (Å²) in [4.78, 5) is 45.1. The average Bonchev–Trinajstić information content (AvgIpc) is 3.47. The van der Waals surface area contributed by atoms with Crippen LogP contribution in [0.3, 0.4) is 0 Å². The molecule has 0 radical (unpaired) electrons. The highest BCUT2D eigenvalue weighted by molar-refractivity contribution is 7.15. The van der Waals surface area contributed by atoms with E-state index in [1.807, 2.05) is 51.1 Å². The van der Waals surface area contributed by atoms with Crippen LogP contribution in [0.2, 0.25) is 0 Å². The molecule has 1 fully saturated rings. The number of carboxylic acid groups (broad SMARTS) is 1. The number of carboxylic acids is 1. The van der Waals surface area contributed by atoms with Crippen molar-refractivity contribution in [3.8, 4) is 0 Å². The van der Waals surface area contributed by atoms with E-state index >= 15 is 0 Å². The molecule has 4 rings (SSSR count). The number of hydrogen-bond acceptors (Lipinski definition) is 5. The third-order valence-corrected chi connectivity index (χ3v) is 8.26. The first-order valence-electron chi connectivity index (χ1n) is 12.8. The van der Waals surface area contributed by atoms with Crippen molar-refractivity contribution in [2.24, 2.45) is 16.8 Å². The minimum Gasteiger partial charge on any atom is -0.477 e. The number of aromatic carboxylic acids is 1. The van der Waals surface area contributed by atoms with Crippen LogP contribution in [0.15, 0.2) is 41.4 Å². The third kappa shape index (κ3) is 5.69. The number of hydrogen-bond donors (Lipinski definition) is 2. The van der Waals surface area contributed by atoms with Crippen LogP contribution in [0.25, 0.3) is 5.57 Å². The first kappa shape index (κ1) is 26.1. The summed E-state index contributed by atoms with van der Waals surface area (Å²) in [7, 11) is 0. The predicted molar refractivity (Wildman–Crippen MR) is 145 cm³/mol. The number of aliphatic imine (C=N–C) groups is 1. The quantitative estimate of drug-likeness (QED) is 0.525. The lowest BCUT2D eigenvalue weighted by molar-refractivity contribution is -0.124. The van der Waals surface area contributed by atoms with Gasteiger partial charge in [0.25, 0.3) is 5.91 Å². The largest absolute Gasteiger partial charge is 0.477 e. The summed E-state index contributed by atoms with van der Waals surface area (Å²) in [5, 5.41) is 12.9. The first-order chi connectivity index (χ1) is 17.1. The molecule has 0 saturated heterocycles. The van der Waals surface area contributed by atoms with Crippen LogP contribution in [0.5, 0.6) is 0 Å². The molecule has 2 aliphatic carbocycles. The molecule has 1 aromatic rings. The summed E-state index contributed by atoms with van der Waals surface area (Å²) < 4.78 is 0. The van der Waals surface area contributed by atoms with Crippen molar-refractivity contribution in [3.05, 3.63) is 46.2 Å². The molecular weight excluding hydrogens is 474 g/mol. The molecule has 36 heavy (non-hydrogen) atoms. The topological polar surface area (TPSA) is 99.1 Å². The molecule has 3 aliphatic rings. The van der Waals surface area contributed by atoms with Crippen LogP contribution in [-0.2, 0) is 9.59 Å². The Morgan fingerprint density at radius 2 is 1.83 bits per heavy atom. The molecule has 1 saturated carbocycles. The van der Waals surface area contributed by atoms with Crippen molar-refractivity contribution < 1.29 is 19.5 Å². The number of carbonyl (C=O) groups excluding carboxylic acids is 2. The van der Waals surface area contributed by atoms with Gasteiger partial charge in [-0.25, -0.2) is 4.79 Å². The van der Waals surface area contributed by atoms with Gasteiger partial charge in [-0.2, -0.15) is 0 Å². The van der Waals surface area contributed by atoms with Crippen LogP contribution >= 0.6 is 11.3 Å². The Hall–Kier alpha value is -3.00. The van der Waals surface area contributed by atoms with Gasteiger partial charge >= 0.3 is 5.97 Å². The zero-order valence-corrected chi connectivity index (χ0v) is 22.2. The summed E-state index contributed by atoms with van der Waals surface area (Å²) in [6.07, 6.45) is 13.8. The number of anilines is 1. The minimum atomic E-state index is -1.03. The lowest BCUT2D eigenvalue weighted by atomic mass is 9.82. The van der Waals surface area contributed by atoms with Crippen molar-refractivity contribution in [2.45, 2.75) is 77.9 Å². The van der Waals surface area contributed by atoms with Gasteiger partial charge < -0.3 is 15.3 Å². The van der Waals surface area contributed by atoms with E-state index in [1.165, 1.54) is 11.3 Å². The standard InChI is InChI=1S/C28H35N3O4S/c1-16(2)31(27(33)20-8-5-17(3)6-9-20)23-15-24(36-25(23)28(34)35)19-10-12-21(13-11-19)30-26(32)22-14-7-18(4)29-22/h7,10-12,14-18,20-21H,5-6,8-9,13H2,1-4H3,(H,30,32)(H,34,35). The van der Waals surface area contributed by atoms with Crippen LogP contribution in [0, 0.1) is 11.8 Å². The normalized spacial score (nSPS) is 25.5. The van der Waals surface area contributed by atoms with Crippen LogP contribution in [-0.4, -0.2) is 46.7 Å². The molecule has 7 nitrogen and oxygen atoms in total. The molecule has 0 bridgehead atoms. The number of thiophene rings is 1. The summed E-state index contributed by atoms with van der Waals surface area (Å²) >= 11 is 1.19. The monoisotopic (exact) mass is 509 g/mol. The van der Waals surface area contributed by atoms with Crippen LogP contribution in [0.4, 0.5) is 5.69 Å². The van der Waals surface area contributed by atoms with Gasteiger partial charge in [-0.15, -0.1) is 11.3 Å². The Bertz CT molecular complexity index is 1150. The number of rotatable bonds is 7. The first-order valence-corrected chi connectivity index (χ1v) is 13.6. The number of nitrogens with zero attached hydrogens (tertiary/aromatic N) is 2. The van der Waals surface area contributed by atoms with Crippen molar-refractivity contribution >= 4 is 46.1 Å². The van der Waals surface area contributed by atoms with Gasteiger partial charge in [-0.1, -0.05) is 31.2 Å². The second-order valence-corrected chi connectivity index (χ2v) is 11.4. The highest BCUT2D eigenvalue weighted by atomic mass is 32.1. The lowest BCUT2D eigenvalue weighted by Gasteiger charge is -2.33. The highest BCUT2D eigenvalue weighted by Gasteiger charge is 2.33. The fourth-order valence-corrected chi connectivity index (χ4v) is 6.04. The van der Waals surface area contributed by atoms with Crippen molar-refractivity contribution in [3.63, 3.8) is 0 Å². The molecule has 2 atom stereocenters. The van der Waals surface area contributed by atoms with Crippen molar-refractivity contribution in [1.82, 2.24) is 5.32 Å². The van der Waals surface area contributed by atoms with Crippen molar-refractivity contribution in [1.29, 1.82) is 0 Å². The van der Waals surface area contributed by atoms with Crippen LogP contribution < -0.4 is 10.2 Å². The average molecular weight is 510 g/mol. The summed E-state index contributed by atoms with van der Waals surface area (Å²) in [5.41, 5.74) is 1.81. The maximum Gasteiger partial charge on any atom is 0.348 e. The van der Waals surface area contributed by atoms with Gasteiger partial charge in [-0.3, -0.25) is 14.6 Å². The predicted octanol–water partition coefficient (Wildman–Crippen LogP) is 5.24. The molecular formula is C28H35N3O4S. The number of nitrogens with one attached hydrogen (secondary N) is 1. The molecule has 8 heteroatoms. The molecule has 192 valence electrons. The third-order valence-electron chi connectivity index (χ3n) is 7.09. The highest BCUT2D eigenvalue weighted by Crippen LogP contribution is 2.39. The van der Waals surface area contributed by atoms with E-state index in [9.17, 15) is 19.5 Å². The van der Waals surface area contributed by atoms with Gasteiger partial charge in [0.05, 0.1) is 17.8 Å². The van der Waals surface area contributed by atoms with E-state index < -0.39 is 5.97 Å². The Kier molecular flexibility index (Phi) is 7.93.